The van der Waals surface area contributed by atoms with Crippen molar-refractivity contribution in [2.24, 2.45) is 0 Å². The van der Waals surface area contributed by atoms with Gasteiger partial charge in [-0.05, 0) is 25.1 Å². The molecule has 0 aliphatic carbocycles. The fourth-order valence-corrected chi connectivity index (χ4v) is 1.77. The zero-order chi connectivity index (χ0) is 13.1. The van der Waals surface area contributed by atoms with Crippen LogP contribution < -0.4 is 11.1 Å². The van der Waals surface area contributed by atoms with Gasteiger partial charge >= 0.3 is 5.76 Å². The summed E-state index contributed by atoms with van der Waals surface area (Å²) >= 11 is 0. The molecule has 1 heterocycles. The molecule has 94 valence electrons. The predicted octanol–water partition coefficient (Wildman–Crippen LogP) is 1.53. The first-order chi connectivity index (χ1) is 8.67. The van der Waals surface area contributed by atoms with Crippen molar-refractivity contribution in [1.29, 1.82) is 0 Å². The summed E-state index contributed by atoms with van der Waals surface area (Å²) in [6, 6.07) is 4.91. The summed E-state index contributed by atoms with van der Waals surface area (Å²) in [5.74, 6) is -0.615. The highest BCUT2D eigenvalue weighted by atomic mass is 16.4. The number of rotatable bonds is 4. The monoisotopic (exact) mass is 246 g/mol. The van der Waals surface area contributed by atoms with Gasteiger partial charge in [0.25, 0.3) is 5.91 Å². The summed E-state index contributed by atoms with van der Waals surface area (Å²) in [6.07, 6.45) is 1.61. The molecule has 0 spiro atoms. The number of amides is 1. The van der Waals surface area contributed by atoms with Crippen LogP contribution in [0.15, 0.2) is 40.1 Å². The Morgan fingerprint density at radius 1 is 1.56 bits per heavy atom. The number of nitrogens with one attached hydrogen (secondary N) is 1. The summed E-state index contributed by atoms with van der Waals surface area (Å²) in [5, 5.41) is 2.71. The van der Waals surface area contributed by atoms with Gasteiger partial charge in [-0.1, -0.05) is 6.08 Å². The molecule has 0 atom stereocenters. The molecule has 2 aromatic rings. The molecule has 0 aliphatic rings. The average Bonchev–Trinajstić information content (AvgIpc) is 2.66. The Kier molecular flexibility index (Phi) is 3.32. The van der Waals surface area contributed by atoms with E-state index in [-0.39, 0.29) is 5.91 Å². The van der Waals surface area contributed by atoms with Crippen LogP contribution in [0.3, 0.4) is 0 Å². The van der Waals surface area contributed by atoms with Crippen molar-refractivity contribution in [1.82, 2.24) is 9.88 Å². The summed E-state index contributed by atoms with van der Waals surface area (Å²) in [6.45, 7) is 6.35. The van der Waals surface area contributed by atoms with Gasteiger partial charge in [-0.25, -0.2) is 4.79 Å². The number of hydrogen-bond acceptors (Lipinski definition) is 3. The first-order valence-electron chi connectivity index (χ1n) is 5.70. The quantitative estimate of drug-likeness (QED) is 0.832. The Hall–Kier alpha value is -2.30. The van der Waals surface area contributed by atoms with Crippen molar-refractivity contribution >= 4 is 17.0 Å². The van der Waals surface area contributed by atoms with Crippen LogP contribution in [-0.2, 0) is 6.54 Å². The van der Waals surface area contributed by atoms with Crippen LogP contribution in [-0.4, -0.2) is 17.0 Å². The molecule has 5 nitrogen and oxygen atoms in total. The van der Waals surface area contributed by atoms with Crippen molar-refractivity contribution in [2.75, 3.05) is 6.54 Å². The minimum absolute atomic E-state index is 0.168. The third kappa shape index (κ3) is 2.07. The molecule has 5 heteroatoms. The smallest absolute Gasteiger partial charge is 0.408 e. The molecule has 18 heavy (non-hydrogen) atoms. The van der Waals surface area contributed by atoms with E-state index in [0.717, 1.165) is 0 Å². The highest BCUT2D eigenvalue weighted by Gasteiger charge is 2.11. The zero-order valence-corrected chi connectivity index (χ0v) is 10.1. The predicted molar refractivity (Wildman–Crippen MR) is 68.7 cm³/mol. The molecular formula is C13H14N2O3. The SMILES string of the molecule is C=CCn1c(=O)oc2ccc(C(=O)NCC)cc21. The number of aromatic nitrogens is 1. The number of carbonyl (C=O) groups excluding carboxylic acids is 1. The lowest BCUT2D eigenvalue weighted by molar-refractivity contribution is 0.0956. The molecule has 1 amide bonds. The minimum atomic E-state index is -0.446. The normalized spacial score (nSPS) is 10.5. The molecule has 0 bridgehead atoms. The van der Waals surface area contributed by atoms with Crippen molar-refractivity contribution in [3.05, 3.63) is 47.0 Å². The second-order valence-electron chi connectivity index (χ2n) is 3.81. The van der Waals surface area contributed by atoms with Gasteiger partial charge in [0.15, 0.2) is 5.58 Å². The number of oxazole rings is 1. The van der Waals surface area contributed by atoms with E-state index in [1.165, 1.54) is 4.57 Å². The molecule has 0 radical (unpaired) electrons. The van der Waals surface area contributed by atoms with E-state index in [9.17, 15) is 9.59 Å². The van der Waals surface area contributed by atoms with Gasteiger partial charge < -0.3 is 9.73 Å². The van der Waals surface area contributed by atoms with Crippen molar-refractivity contribution < 1.29 is 9.21 Å². The second kappa shape index (κ2) is 4.91. The Morgan fingerprint density at radius 3 is 3.00 bits per heavy atom. The van der Waals surface area contributed by atoms with Crippen LogP contribution >= 0.6 is 0 Å². The van der Waals surface area contributed by atoms with E-state index in [2.05, 4.69) is 11.9 Å². The Balaban J connectivity index is 2.55. The van der Waals surface area contributed by atoms with Crippen LogP contribution in [0.5, 0.6) is 0 Å². The van der Waals surface area contributed by atoms with Gasteiger partial charge in [0.1, 0.15) is 0 Å². The second-order valence-corrected chi connectivity index (χ2v) is 3.81. The van der Waals surface area contributed by atoms with Crippen LogP contribution in [0.2, 0.25) is 0 Å². The van der Waals surface area contributed by atoms with Gasteiger partial charge in [-0.2, -0.15) is 0 Å². The third-order valence-corrected chi connectivity index (χ3v) is 2.58. The zero-order valence-electron chi connectivity index (χ0n) is 10.1. The minimum Gasteiger partial charge on any atom is -0.408 e. The molecule has 0 fully saturated rings. The van der Waals surface area contributed by atoms with Gasteiger partial charge in [0.2, 0.25) is 0 Å². The Bertz CT molecular complexity index is 652. The number of fused-ring (bicyclic) bond motifs is 1. The maximum absolute atomic E-state index is 11.7. The van der Waals surface area contributed by atoms with Crippen molar-refractivity contribution in [3.8, 4) is 0 Å². The molecule has 1 aromatic heterocycles. The van der Waals surface area contributed by atoms with Gasteiger partial charge in [-0.3, -0.25) is 9.36 Å². The van der Waals surface area contributed by atoms with Gasteiger partial charge in [0, 0.05) is 18.7 Å². The fourth-order valence-electron chi connectivity index (χ4n) is 1.77. The van der Waals surface area contributed by atoms with E-state index in [4.69, 9.17) is 4.42 Å². The van der Waals surface area contributed by atoms with E-state index in [0.29, 0.717) is 29.8 Å². The highest BCUT2D eigenvalue weighted by Crippen LogP contribution is 2.15. The third-order valence-electron chi connectivity index (χ3n) is 2.58. The fraction of sp³-hybridized carbons (Fsp3) is 0.231. The lowest BCUT2D eigenvalue weighted by Gasteiger charge is -2.02. The van der Waals surface area contributed by atoms with Crippen molar-refractivity contribution in [2.45, 2.75) is 13.5 Å². The Morgan fingerprint density at radius 2 is 2.33 bits per heavy atom. The van der Waals surface area contributed by atoms with Gasteiger partial charge in [-0.15, -0.1) is 6.58 Å². The standard InChI is InChI=1S/C13H14N2O3/c1-3-7-15-10-8-9(12(16)14-4-2)5-6-11(10)18-13(15)17/h3,5-6,8H,1,4,7H2,2H3,(H,14,16). The number of benzene rings is 1. The first-order valence-corrected chi connectivity index (χ1v) is 5.70. The maximum atomic E-state index is 11.7. The summed E-state index contributed by atoms with van der Waals surface area (Å²) in [7, 11) is 0. The Labute approximate surface area is 104 Å². The van der Waals surface area contributed by atoms with Crippen LogP contribution in [0, 0.1) is 0 Å². The molecule has 0 aliphatic heterocycles. The molecule has 1 aromatic carbocycles. The number of allylic oxidation sites excluding steroid dienone is 1. The first kappa shape index (κ1) is 12.2. The number of nitrogens with zero attached hydrogens (tertiary/aromatic N) is 1. The topological polar surface area (TPSA) is 64.2 Å². The van der Waals surface area contributed by atoms with E-state index >= 15 is 0 Å². The molecular weight excluding hydrogens is 232 g/mol. The molecule has 0 saturated heterocycles. The van der Waals surface area contributed by atoms with Crippen LogP contribution in [0.1, 0.15) is 17.3 Å². The highest BCUT2D eigenvalue weighted by molar-refractivity contribution is 5.97. The van der Waals surface area contributed by atoms with E-state index in [1.807, 2.05) is 6.92 Å². The lowest BCUT2D eigenvalue weighted by atomic mass is 10.2. The van der Waals surface area contributed by atoms with E-state index < -0.39 is 5.76 Å². The largest absolute Gasteiger partial charge is 0.420 e. The average molecular weight is 246 g/mol. The molecule has 0 unspecified atom stereocenters. The van der Waals surface area contributed by atoms with Crippen molar-refractivity contribution in [3.63, 3.8) is 0 Å². The summed E-state index contributed by atoms with van der Waals surface area (Å²) < 4.78 is 6.51. The maximum Gasteiger partial charge on any atom is 0.420 e. The molecule has 2 rings (SSSR count). The van der Waals surface area contributed by atoms with Crippen LogP contribution in [0.4, 0.5) is 0 Å². The van der Waals surface area contributed by atoms with E-state index in [1.54, 1.807) is 24.3 Å². The number of carbonyl (C=O) groups is 1. The molecule has 0 saturated carbocycles. The lowest BCUT2D eigenvalue weighted by Crippen LogP contribution is -2.22. The van der Waals surface area contributed by atoms with Crippen LogP contribution in [0.25, 0.3) is 11.1 Å². The summed E-state index contributed by atoms with van der Waals surface area (Å²) in [5.41, 5.74) is 1.57. The van der Waals surface area contributed by atoms with Gasteiger partial charge in [0.05, 0.1) is 5.52 Å². The molecule has 1 N–H and O–H groups in total. The summed E-state index contributed by atoms with van der Waals surface area (Å²) in [4.78, 5) is 23.3. The number of hydrogen-bond donors (Lipinski definition) is 1.